The molecule has 4 heteroatoms. The van der Waals surface area contributed by atoms with E-state index in [-0.39, 0.29) is 0 Å². The van der Waals surface area contributed by atoms with Gasteiger partial charge >= 0.3 is 0 Å². The van der Waals surface area contributed by atoms with Gasteiger partial charge in [0.25, 0.3) is 0 Å². The van der Waals surface area contributed by atoms with Crippen molar-refractivity contribution in [3.05, 3.63) is 54.0 Å². The standard InChI is InChI=1S/C13H15N3O/c14-13-9-11(3-6-16-13)8-12(17)7-10-1-4-15-5-2-10/h1-6,9,12,17H,7-8H2,(H2,14,16). The zero-order valence-corrected chi connectivity index (χ0v) is 9.45. The molecule has 0 amide bonds. The van der Waals surface area contributed by atoms with Crippen molar-refractivity contribution in [1.82, 2.24) is 9.97 Å². The number of pyridine rings is 2. The number of nitrogens with zero attached hydrogens (tertiary/aromatic N) is 2. The molecule has 2 aromatic rings. The average Bonchev–Trinajstić information content (AvgIpc) is 2.30. The van der Waals surface area contributed by atoms with Gasteiger partial charge in [0.1, 0.15) is 5.82 Å². The first-order valence-electron chi connectivity index (χ1n) is 5.51. The zero-order chi connectivity index (χ0) is 12.1. The Labute approximate surface area is 100 Å². The summed E-state index contributed by atoms with van der Waals surface area (Å²) in [5.74, 6) is 0.485. The Hall–Kier alpha value is -1.94. The van der Waals surface area contributed by atoms with Crippen molar-refractivity contribution in [2.24, 2.45) is 0 Å². The van der Waals surface area contributed by atoms with Crippen LogP contribution in [0.1, 0.15) is 11.1 Å². The second-order valence-corrected chi connectivity index (χ2v) is 4.01. The molecule has 0 aliphatic carbocycles. The quantitative estimate of drug-likeness (QED) is 0.826. The zero-order valence-electron chi connectivity index (χ0n) is 9.45. The van der Waals surface area contributed by atoms with E-state index in [0.717, 1.165) is 11.1 Å². The number of aliphatic hydroxyl groups excluding tert-OH is 1. The molecule has 3 N–H and O–H groups in total. The Balaban J connectivity index is 1.96. The van der Waals surface area contributed by atoms with E-state index in [1.807, 2.05) is 18.2 Å². The fraction of sp³-hybridized carbons (Fsp3) is 0.231. The Morgan fingerprint density at radius 1 is 1.06 bits per heavy atom. The second kappa shape index (κ2) is 5.41. The van der Waals surface area contributed by atoms with Crippen LogP contribution in [0.4, 0.5) is 5.82 Å². The number of anilines is 1. The first-order valence-corrected chi connectivity index (χ1v) is 5.51. The predicted octanol–water partition coefficient (Wildman–Crippen LogP) is 1.20. The molecular formula is C13H15N3O. The summed E-state index contributed by atoms with van der Waals surface area (Å²) < 4.78 is 0. The van der Waals surface area contributed by atoms with Crippen molar-refractivity contribution in [3.8, 4) is 0 Å². The van der Waals surface area contributed by atoms with Crippen LogP contribution in [-0.2, 0) is 12.8 Å². The second-order valence-electron chi connectivity index (χ2n) is 4.01. The molecule has 2 heterocycles. The third kappa shape index (κ3) is 3.53. The van der Waals surface area contributed by atoms with Gasteiger partial charge in [-0.1, -0.05) is 0 Å². The minimum atomic E-state index is -0.417. The largest absolute Gasteiger partial charge is 0.392 e. The lowest BCUT2D eigenvalue weighted by Gasteiger charge is -2.10. The van der Waals surface area contributed by atoms with Gasteiger partial charge in [-0.2, -0.15) is 0 Å². The van der Waals surface area contributed by atoms with Crippen molar-refractivity contribution < 1.29 is 5.11 Å². The van der Waals surface area contributed by atoms with Gasteiger partial charge in [0.15, 0.2) is 0 Å². The number of nitrogens with two attached hydrogens (primary N) is 1. The van der Waals surface area contributed by atoms with E-state index in [0.29, 0.717) is 18.7 Å². The van der Waals surface area contributed by atoms with E-state index < -0.39 is 6.10 Å². The van der Waals surface area contributed by atoms with E-state index in [1.165, 1.54) is 0 Å². The van der Waals surface area contributed by atoms with Crippen LogP contribution in [0.15, 0.2) is 42.9 Å². The van der Waals surface area contributed by atoms with Gasteiger partial charge in [-0.3, -0.25) is 4.98 Å². The molecule has 0 aromatic carbocycles. The number of aliphatic hydroxyl groups is 1. The molecule has 0 radical (unpaired) electrons. The van der Waals surface area contributed by atoms with Crippen molar-refractivity contribution in [3.63, 3.8) is 0 Å². The van der Waals surface area contributed by atoms with Gasteiger partial charge in [-0.15, -0.1) is 0 Å². The third-order valence-corrected chi connectivity index (χ3v) is 2.54. The molecule has 17 heavy (non-hydrogen) atoms. The highest BCUT2D eigenvalue weighted by Gasteiger charge is 2.07. The fourth-order valence-electron chi connectivity index (χ4n) is 1.76. The molecule has 0 saturated heterocycles. The summed E-state index contributed by atoms with van der Waals surface area (Å²) in [6.45, 7) is 0. The van der Waals surface area contributed by atoms with Crippen LogP contribution in [0.2, 0.25) is 0 Å². The van der Waals surface area contributed by atoms with E-state index in [4.69, 9.17) is 5.73 Å². The lowest BCUT2D eigenvalue weighted by atomic mass is 10.0. The number of rotatable bonds is 4. The normalized spacial score (nSPS) is 12.3. The Bertz CT molecular complexity index is 473. The van der Waals surface area contributed by atoms with E-state index >= 15 is 0 Å². The van der Waals surface area contributed by atoms with Crippen LogP contribution in [0, 0.1) is 0 Å². The Morgan fingerprint density at radius 3 is 2.41 bits per heavy atom. The molecule has 0 spiro atoms. The molecule has 0 aliphatic heterocycles. The molecule has 1 atom stereocenters. The van der Waals surface area contributed by atoms with Crippen LogP contribution in [0.3, 0.4) is 0 Å². The van der Waals surface area contributed by atoms with Crippen LogP contribution < -0.4 is 5.73 Å². The first-order chi connectivity index (χ1) is 8.24. The van der Waals surface area contributed by atoms with E-state index in [9.17, 15) is 5.11 Å². The van der Waals surface area contributed by atoms with Crippen molar-refractivity contribution >= 4 is 5.82 Å². The van der Waals surface area contributed by atoms with Crippen LogP contribution in [-0.4, -0.2) is 21.2 Å². The van der Waals surface area contributed by atoms with Crippen LogP contribution >= 0.6 is 0 Å². The minimum Gasteiger partial charge on any atom is -0.392 e. The van der Waals surface area contributed by atoms with Gasteiger partial charge in [0, 0.05) is 18.6 Å². The average molecular weight is 229 g/mol. The topological polar surface area (TPSA) is 72.0 Å². The monoisotopic (exact) mass is 229 g/mol. The van der Waals surface area contributed by atoms with Gasteiger partial charge in [0.2, 0.25) is 0 Å². The fourth-order valence-corrected chi connectivity index (χ4v) is 1.76. The number of aromatic nitrogens is 2. The van der Waals surface area contributed by atoms with Crippen molar-refractivity contribution in [2.75, 3.05) is 5.73 Å². The first kappa shape index (κ1) is 11.5. The highest BCUT2D eigenvalue weighted by atomic mass is 16.3. The smallest absolute Gasteiger partial charge is 0.123 e. The maximum atomic E-state index is 9.97. The molecule has 2 aromatic heterocycles. The molecule has 0 aliphatic rings. The lowest BCUT2D eigenvalue weighted by Crippen LogP contribution is -2.14. The van der Waals surface area contributed by atoms with Crippen molar-refractivity contribution in [1.29, 1.82) is 0 Å². The lowest BCUT2D eigenvalue weighted by molar-refractivity contribution is 0.175. The highest BCUT2D eigenvalue weighted by Crippen LogP contribution is 2.09. The van der Waals surface area contributed by atoms with E-state index in [1.54, 1.807) is 24.7 Å². The highest BCUT2D eigenvalue weighted by molar-refractivity contribution is 5.32. The summed E-state index contributed by atoms with van der Waals surface area (Å²) in [4.78, 5) is 7.86. The predicted molar refractivity (Wildman–Crippen MR) is 66.3 cm³/mol. The molecular weight excluding hydrogens is 214 g/mol. The van der Waals surface area contributed by atoms with Crippen LogP contribution in [0.5, 0.6) is 0 Å². The maximum absolute atomic E-state index is 9.97. The van der Waals surface area contributed by atoms with Gasteiger partial charge < -0.3 is 10.8 Å². The molecule has 0 saturated carbocycles. The minimum absolute atomic E-state index is 0.417. The summed E-state index contributed by atoms with van der Waals surface area (Å²) in [6.07, 6.45) is 5.89. The third-order valence-electron chi connectivity index (χ3n) is 2.54. The molecule has 88 valence electrons. The Kier molecular flexibility index (Phi) is 3.67. The molecule has 1 unspecified atom stereocenters. The van der Waals surface area contributed by atoms with Gasteiger partial charge in [-0.25, -0.2) is 4.98 Å². The van der Waals surface area contributed by atoms with Crippen molar-refractivity contribution in [2.45, 2.75) is 18.9 Å². The Morgan fingerprint density at radius 2 is 1.71 bits per heavy atom. The number of hydrogen-bond acceptors (Lipinski definition) is 4. The molecule has 0 fully saturated rings. The number of hydrogen-bond donors (Lipinski definition) is 2. The van der Waals surface area contributed by atoms with Gasteiger partial charge in [-0.05, 0) is 48.2 Å². The summed E-state index contributed by atoms with van der Waals surface area (Å²) in [6, 6.07) is 7.47. The molecule has 4 nitrogen and oxygen atoms in total. The maximum Gasteiger partial charge on any atom is 0.123 e. The van der Waals surface area contributed by atoms with E-state index in [2.05, 4.69) is 9.97 Å². The summed E-state index contributed by atoms with van der Waals surface area (Å²) >= 11 is 0. The summed E-state index contributed by atoms with van der Waals surface area (Å²) in [7, 11) is 0. The summed E-state index contributed by atoms with van der Waals surface area (Å²) in [5, 5.41) is 9.97. The number of nitrogen functional groups attached to an aromatic ring is 1. The van der Waals surface area contributed by atoms with Crippen LogP contribution in [0.25, 0.3) is 0 Å². The molecule has 0 bridgehead atoms. The summed E-state index contributed by atoms with van der Waals surface area (Å²) in [5.41, 5.74) is 7.66. The van der Waals surface area contributed by atoms with Gasteiger partial charge in [0.05, 0.1) is 6.10 Å². The SMILES string of the molecule is Nc1cc(CC(O)Cc2ccncc2)ccn1. The molecule has 2 rings (SSSR count).